The number of nitrogens with zero attached hydrogens (tertiary/aromatic N) is 2. The Hall–Kier alpha value is -1.51. The zero-order chi connectivity index (χ0) is 14.5. The van der Waals surface area contributed by atoms with E-state index in [0.29, 0.717) is 5.69 Å². The molecule has 0 spiro atoms. The molecule has 0 atom stereocenters. The topological polar surface area (TPSA) is 99.6 Å². The molecule has 0 amide bonds. The first-order valence-corrected chi connectivity index (χ1v) is 7.10. The zero-order valence-electron chi connectivity index (χ0n) is 10.8. The molecule has 0 aromatic carbocycles. The van der Waals surface area contributed by atoms with E-state index in [1.165, 1.54) is 7.05 Å². The van der Waals surface area contributed by atoms with Crippen molar-refractivity contribution in [2.24, 2.45) is 0 Å². The van der Waals surface area contributed by atoms with Crippen molar-refractivity contribution in [1.82, 2.24) is 14.0 Å². The van der Waals surface area contributed by atoms with Crippen LogP contribution >= 0.6 is 0 Å². The summed E-state index contributed by atoms with van der Waals surface area (Å²) in [7, 11) is -2.36. The predicted molar refractivity (Wildman–Crippen MR) is 69.6 cm³/mol. The van der Waals surface area contributed by atoms with Crippen LogP contribution in [0.4, 0.5) is 0 Å². The third kappa shape index (κ3) is 4.93. The van der Waals surface area contributed by atoms with Gasteiger partial charge >= 0.3 is 5.97 Å². The van der Waals surface area contributed by atoms with E-state index >= 15 is 0 Å². The van der Waals surface area contributed by atoms with Crippen LogP contribution in [0.3, 0.4) is 0 Å². The number of carboxylic acids is 1. The second-order valence-corrected chi connectivity index (χ2v) is 5.92. The molecule has 1 heterocycles. The first kappa shape index (κ1) is 15.5. The molecular formula is C11H17N3O4S. The average Bonchev–Trinajstić information content (AvgIpc) is 2.34. The maximum atomic E-state index is 11.8. The van der Waals surface area contributed by atoms with Gasteiger partial charge in [0.05, 0.1) is 18.7 Å². The number of aryl methyl sites for hydroxylation is 1. The number of carboxylic acid groups (broad SMARTS) is 1. The van der Waals surface area contributed by atoms with Crippen LogP contribution in [0.1, 0.15) is 17.7 Å². The lowest BCUT2D eigenvalue weighted by Gasteiger charge is -2.16. The molecule has 1 aromatic rings. The largest absolute Gasteiger partial charge is 0.481 e. The highest BCUT2D eigenvalue weighted by Crippen LogP contribution is 2.04. The normalized spacial score (nSPS) is 11.7. The summed E-state index contributed by atoms with van der Waals surface area (Å²) in [5.41, 5.74) is 1.52. The number of pyridine rings is 1. The van der Waals surface area contributed by atoms with Crippen LogP contribution in [-0.2, 0) is 21.5 Å². The first-order valence-electron chi connectivity index (χ1n) is 5.66. The minimum atomic E-state index is -3.69. The summed E-state index contributed by atoms with van der Waals surface area (Å²) < 4.78 is 27.0. The molecule has 0 fully saturated rings. The van der Waals surface area contributed by atoms with E-state index in [0.717, 1.165) is 9.87 Å². The molecule has 1 rings (SSSR count). The van der Waals surface area contributed by atoms with Crippen LogP contribution in [0.15, 0.2) is 18.3 Å². The first-order chi connectivity index (χ1) is 8.83. The van der Waals surface area contributed by atoms with Crippen LogP contribution in [0.2, 0.25) is 0 Å². The molecule has 106 valence electrons. The molecular weight excluding hydrogens is 270 g/mol. The predicted octanol–water partition coefficient (Wildman–Crippen LogP) is 0.131. The highest BCUT2D eigenvalue weighted by molar-refractivity contribution is 7.87. The number of aromatic nitrogens is 1. The van der Waals surface area contributed by atoms with E-state index in [4.69, 9.17) is 5.11 Å². The molecule has 8 heteroatoms. The Morgan fingerprint density at radius 1 is 1.53 bits per heavy atom. The van der Waals surface area contributed by atoms with Gasteiger partial charge in [0.25, 0.3) is 10.2 Å². The molecule has 2 N–H and O–H groups in total. The molecule has 19 heavy (non-hydrogen) atoms. The Morgan fingerprint density at radius 3 is 2.79 bits per heavy atom. The van der Waals surface area contributed by atoms with E-state index in [-0.39, 0.29) is 19.5 Å². The molecule has 1 aromatic heterocycles. The molecule has 0 aliphatic heterocycles. The lowest BCUT2D eigenvalue weighted by Crippen LogP contribution is -2.39. The molecule has 0 unspecified atom stereocenters. The molecule has 0 bridgehead atoms. The van der Waals surface area contributed by atoms with Gasteiger partial charge in [0.1, 0.15) is 0 Å². The fourth-order valence-corrected chi connectivity index (χ4v) is 2.22. The maximum Gasteiger partial charge on any atom is 0.304 e. The Kier molecular flexibility index (Phi) is 5.40. The SMILES string of the molecule is Cc1cccnc1CNS(=O)(=O)N(C)CCC(=O)O. The third-order valence-electron chi connectivity index (χ3n) is 2.59. The number of aliphatic carboxylic acids is 1. The van der Waals surface area contributed by atoms with Crippen molar-refractivity contribution in [3.8, 4) is 0 Å². The number of carbonyl (C=O) groups is 1. The van der Waals surface area contributed by atoms with Crippen molar-refractivity contribution < 1.29 is 18.3 Å². The summed E-state index contributed by atoms with van der Waals surface area (Å²) in [5.74, 6) is -1.04. The van der Waals surface area contributed by atoms with Crippen LogP contribution < -0.4 is 4.72 Å². The van der Waals surface area contributed by atoms with Gasteiger partial charge in [-0.2, -0.15) is 17.4 Å². The van der Waals surface area contributed by atoms with Gasteiger partial charge in [0.15, 0.2) is 0 Å². The summed E-state index contributed by atoms with van der Waals surface area (Å²) in [6.07, 6.45) is 1.35. The second kappa shape index (κ2) is 6.60. The van der Waals surface area contributed by atoms with E-state index in [1.54, 1.807) is 12.3 Å². The van der Waals surface area contributed by atoms with E-state index in [2.05, 4.69) is 9.71 Å². The van der Waals surface area contributed by atoms with Gasteiger partial charge < -0.3 is 5.11 Å². The van der Waals surface area contributed by atoms with E-state index in [1.807, 2.05) is 13.0 Å². The zero-order valence-corrected chi connectivity index (χ0v) is 11.6. The average molecular weight is 287 g/mol. The van der Waals surface area contributed by atoms with Gasteiger partial charge in [-0.15, -0.1) is 0 Å². The summed E-state index contributed by atoms with van der Waals surface area (Å²) >= 11 is 0. The maximum absolute atomic E-state index is 11.8. The summed E-state index contributed by atoms with van der Waals surface area (Å²) in [5, 5.41) is 8.52. The van der Waals surface area contributed by atoms with Crippen molar-refractivity contribution in [3.63, 3.8) is 0 Å². The third-order valence-corrected chi connectivity index (χ3v) is 4.10. The summed E-state index contributed by atoms with van der Waals surface area (Å²) in [4.78, 5) is 14.5. The molecule has 0 saturated carbocycles. The minimum Gasteiger partial charge on any atom is -0.481 e. The number of rotatable bonds is 7. The molecule has 7 nitrogen and oxygen atoms in total. The van der Waals surface area contributed by atoms with Crippen molar-refractivity contribution in [2.45, 2.75) is 19.9 Å². The van der Waals surface area contributed by atoms with Crippen LogP contribution in [0.5, 0.6) is 0 Å². The van der Waals surface area contributed by atoms with Crippen molar-refractivity contribution in [1.29, 1.82) is 0 Å². The smallest absolute Gasteiger partial charge is 0.304 e. The van der Waals surface area contributed by atoms with Crippen LogP contribution in [0, 0.1) is 6.92 Å². The minimum absolute atomic E-state index is 0.0758. The monoisotopic (exact) mass is 287 g/mol. The van der Waals surface area contributed by atoms with E-state index < -0.39 is 16.2 Å². The van der Waals surface area contributed by atoms with Crippen molar-refractivity contribution in [3.05, 3.63) is 29.6 Å². The fourth-order valence-electron chi connectivity index (χ4n) is 1.35. The van der Waals surface area contributed by atoms with Gasteiger partial charge in [-0.1, -0.05) is 6.07 Å². The van der Waals surface area contributed by atoms with Gasteiger partial charge in [-0.25, -0.2) is 0 Å². The Morgan fingerprint density at radius 2 is 2.21 bits per heavy atom. The Labute approximate surface area is 112 Å². The quantitative estimate of drug-likeness (QED) is 0.742. The van der Waals surface area contributed by atoms with Gasteiger partial charge in [-0.3, -0.25) is 9.78 Å². The lowest BCUT2D eigenvalue weighted by molar-refractivity contribution is -0.137. The van der Waals surface area contributed by atoms with Crippen LogP contribution in [-0.4, -0.2) is 42.4 Å². The Balaban J connectivity index is 2.60. The molecule has 0 aliphatic rings. The Bertz CT molecular complexity index is 545. The van der Waals surface area contributed by atoms with Gasteiger partial charge in [-0.05, 0) is 18.6 Å². The van der Waals surface area contributed by atoms with E-state index in [9.17, 15) is 13.2 Å². The number of nitrogens with one attached hydrogen (secondary N) is 1. The summed E-state index contributed by atoms with van der Waals surface area (Å²) in [6, 6.07) is 3.61. The van der Waals surface area contributed by atoms with Crippen molar-refractivity contribution in [2.75, 3.05) is 13.6 Å². The highest BCUT2D eigenvalue weighted by atomic mass is 32.2. The fraction of sp³-hybridized carbons (Fsp3) is 0.455. The molecule has 0 radical (unpaired) electrons. The number of hydrogen-bond donors (Lipinski definition) is 2. The highest BCUT2D eigenvalue weighted by Gasteiger charge is 2.18. The van der Waals surface area contributed by atoms with Crippen molar-refractivity contribution >= 4 is 16.2 Å². The van der Waals surface area contributed by atoms with Gasteiger partial charge in [0, 0.05) is 19.8 Å². The second-order valence-electron chi connectivity index (χ2n) is 4.06. The lowest BCUT2D eigenvalue weighted by atomic mass is 10.2. The summed E-state index contributed by atoms with van der Waals surface area (Å²) in [6.45, 7) is 1.84. The standard InChI is InChI=1S/C11H17N3O4S/c1-9-4-3-6-12-10(9)8-13-19(17,18)14(2)7-5-11(15)16/h3-4,6,13H,5,7-8H2,1-2H3,(H,15,16). The van der Waals surface area contributed by atoms with Gasteiger partial charge in [0.2, 0.25) is 0 Å². The molecule has 0 aliphatic carbocycles. The number of hydrogen-bond acceptors (Lipinski definition) is 4. The molecule has 0 saturated heterocycles. The van der Waals surface area contributed by atoms with Crippen LogP contribution in [0.25, 0.3) is 0 Å².